The second-order valence-corrected chi connectivity index (χ2v) is 0. The van der Waals surface area contributed by atoms with Gasteiger partial charge in [0.2, 0.25) is 0 Å². The van der Waals surface area contributed by atoms with Gasteiger partial charge in [0.15, 0.2) is 0 Å². The van der Waals surface area contributed by atoms with E-state index in [9.17, 15) is 0 Å². The van der Waals surface area contributed by atoms with Crippen LogP contribution in [-0.4, -0.2) is 0 Å². The van der Waals surface area contributed by atoms with Gasteiger partial charge in [0, 0.05) is 26.4 Å². The average Bonchev–Trinajstić information content (AvgIpc) is 0. The minimum atomic E-state index is 0. The minimum absolute atomic E-state index is 0. The van der Waals surface area contributed by atoms with Crippen molar-refractivity contribution >= 4 is 9.90 Å². The Labute approximate surface area is 75.9 Å². The molecule has 0 amide bonds. The van der Waals surface area contributed by atoms with Crippen molar-refractivity contribution in [2.45, 2.75) is 0 Å². The van der Waals surface area contributed by atoms with Gasteiger partial charge in [-0.05, 0) is 0 Å². The molecule has 3 radical (unpaired) electrons. The van der Waals surface area contributed by atoms with Gasteiger partial charge in [0.25, 0.3) is 0 Å². The second-order valence-electron chi connectivity index (χ2n) is 0. The smallest absolute Gasteiger partial charge is 1.00 e. The zero-order valence-corrected chi connectivity index (χ0v) is 8.25. The maximum Gasteiger partial charge on any atom is 6.00 e. The third-order valence-corrected chi connectivity index (χ3v) is 0. The molecule has 0 aliphatic carbocycles. The molecule has 0 saturated carbocycles. The van der Waals surface area contributed by atoms with E-state index in [2.05, 4.69) is 0 Å². The largest absolute Gasteiger partial charge is 6.00 e. The first-order chi connectivity index (χ1) is 0. The van der Waals surface area contributed by atoms with E-state index in [1.807, 2.05) is 0 Å². The summed E-state index contributed by atoms with van der Waals surface area (Å²) < 4.78 is 0. The van der Waals surface area contributed by atoms with Crippen LogP contribution >= 0.6 is 9.90 Å². The van der Waals surface area contributed by atoms with Crippen LogP contribution in [0.25, 0.3) is 0 Å². The van der Waals surface area contributed by atoms with Gasteiger partial charge in [-0.15, -0.1) is 0 Å². The van der Waals surface area contributed by atoms with E-state index in [1.54, 1.807) is 0 Å². The summed E-state index contributed by atoms with van der Waals surface area (Å²) in [7, 11) is 0. The zero-order valence-electron chi connectivity index (χ0n) is 3.44. The first kappa shape index (κ1) is 606. The fraction of sp³-hybridized carbons (Fsp3) is 0. The van der Waals surface area contributed by atoms with Gasteiger partial charge in [-0.1, -0.05) is 0 Å². The molecule has 0 saturated heterocycles. The number of hydrogen-bond acceptors (Lipinski definition) is 0. The molecule has 0 aromatic carbocycles. The third kappa shape index (κ3) is 335. The van der Waals surface area contributed by atoms with Crippen LogP contribution in [0.4, 0.5) is 0 Å². The minimum Gasteiger partial charge on any atom is -1.00 e. The molecule has 63 valence electrons. The zero-order chi connectivity index (χ0) is 0. The summed E-state index contributed by atoms with van der Waals surface area (Å²) in [6.45, 7) is 0. The molecular formula is F6NiPW. The molecule has 0 atom stereocenters. The van der Waals surface area contributed by atoms with Crippen LogP contribution in [0, 0.1) is 0 Å². The Balaban J connectivity index is 0. The third-order valence-electron chi connectivity index (χ3n) is 0. The van der Waals surface area contributed by atoms with Crippen LogP contribution in [0.1, 0.15) is 0 Å². The summed E-state index contributed by atoms with van der Waals surface area (Å²) in [5, 5.41) is 0. The Kier molecular flexibility index (Phi) is 29300. The Morgan fingerprint density at radius 1 is 0.444 bits per heavy atom. The van der Waals surface area contributed by atoms with Crippen molar-refractivity contribution < 1.29 is 65.8 Å². The Bertz CT molecular complexity index is 13.0. The van der Waals surface area contributed by atoms with Gasteiger partial charge < -0.3 is 28.2 Å². The molecule has 0 fully saturated rings. The topological polar surface area (TPSA) is 0 Å². The molecule has 0 nitrogen and oxygen atoms in total. The summed E-state index contributed by atoms with van der Waals surface area (Å²) in [6, 6.07) is 0. The maximum atomic E-state index is 0. The van der Waals surface area contributed by atoms with Gasteiger partial charge in [-0.2, -0.15) is 0 Å². The molecule has 0 unspecified atom stereocenters. The predicted octanol–water partition coefficient (Wildman–Crippen LogP) is -17.1. The van der Waals surface area contributed by atoms with Gasteiger partial charge in [-0.25, -0.2) is 0 Å². The van der Waals surface area contributed by atoms with E-state index in [-0.39, 0.29) is 75.7 Å². The van der Waals surface area contributed by atoms with E-state index >= 15 is 0 Å². The second kappa shape index (κ2) is 434. The van der Waals surface area contributed by atoms with Crippen molar-refractivity contribution in [3.8, 4) is 0 Å². The maximum absolute atomic E-state index is 0. The van der Waals surface area contributed by atoms with Crippen molar-refractivity contribution in [2.75, 3.05) is 0 Å². The van der Waals surface area contributed by atoms with Crippen molar-refractivity contribution in [3.63, 3.8) is 0 Å². The molecule has 0 spiro atoms. The van der Waals surface area contributed by atoms with Crippen LogP contribution in [0.3, 0.4) is 0 Å². The molecule has 0 N–H and O–H groups in total. The molecule has 0 bridgehead atoms. The van der Waals surface area contributed by atoms with E-state index < -0.39 is 0 Å². The van der Waals surface area contributed by atoms with Crippen LogP contribution in [0.15, 0.2) is 0 Å². The molecule has 0 rings (SSSR count). The number of hydrogen-bond donors (Lipinski definition) is 0. The van der Waals surface area contributed by atoms with Gasteiger partial charge in [0.1, 0.15) is 0 Å². The monoisotopic (exact) mass is 387 g/mol. The summed E-state index contributed by atoms with van der Waals surface area (Å²) in [5.74, 6) is 0. The Morgan fingerprint density at radius 2 is 0.444 bits per heavy atom. The quantitative estimate of drug-likeness (QED) is 0.220. The summed E-state index contributed by atoms with van der Waals surface area (Å²) in [5.41, 5.74) is 0. The SMILES string of the molecule is [F-].[F-].[F-].[F-].[F-].[F-].[Ni].[P].[W+6]. The average molecular weight is 387 g/mol. The standard InChI is InChI=1S/6FH.Ni.P.W/h6*1H;;;/q;;;;;;;;+6/p-6. The molecule has 0 aromatic rings. The van der Waals surface area contributed by atoms with Crippen molar-refractivity contribution in [1.82, 2.24) is 0 Å². The van der Waals surface area contributed by atoms with E-state index in [4.69, 9.17) is 0 Å². The van der Waals surface area contributed by atoms with Crippen LogP contribution in [0.2, 0.25) is 0 Å². The first-order valence-electron chi connectivity index (χ1n) is 0. The van der Waals surface area contributed by atoms with E-state index in [1.165, 1.54) is 0 Å². The number of halogens is 6. The summed E-state index contributed by atoms with van der Waals surface area (Å²) >= 11 is 0. The van der Waals surface area contributed by atoms with Crippen LogP contribution in [-0.2, 0) is 37.6 Å². The fourth-order valence-corrected chi connectivity index (χ4v) is 0. The fourth-order valence-electron chi connectivity index (χ4n) is 0. The predicted molar refractivity (Wildman–Crippen MR) is 6.92 cm³/mol. The Morgan fingerprint density at radius 3 is 0.444 bits per heavy atom. The molecular weight excluding hydrogens is 387 g/mol. The van der Waals surface area contributed by atoms with E-state index in [0.29, 0.717) is 0 Å². The molecule has 9 heavy (non-hydrogen) atoms. The first-order valence-corrected chi connectivity index (χ1v) is 0. The molecule has 0 aliphatic heterocycles. The van der Waals surface area contributed by atoms with Crippen molar-refractivity contribution in [1.29, 1.82) is 0 Å². The van der Waals surface area contributed by atoms with Gasteiger partial charge >= 0.3 is 21.1 Å². The van der Waals surface area contributed by atoms with Gasteiger partial charge in [0.05, 0.1) is 0 Å². The summed E-state index contributed by atoms with van der Waals surface area (Å²) in [6.07, 6.45) is 0. The van der Waals surface area contributed by atoms with E-state index in [0.717, 1.165) is 0 Å². The molecule has 9 heteroatoms. The van der Waals surface area contributed by atoms with Crippen molar-refractivity contribution in [2.24, 2.45) is 0 Å². The van der Waals surface area contributed by atoms with Gasteiger partial charge in [-0.3, -0.25) is 0 Å². The molecule has 0 aliphatic rings. The molecule has 0 heterocycles. The van der Waals surface area contributed by atoms with Crippen molar-refractivity contribution in [3.05, 3.63) is 0 Å². The normalized spacial score (nSPS) is 0. The van der Waals surface area contributed by atoms with Crippen LogP contribution < -0.4 is 28.2 Å². The number of rotatable bonds is 0. The summed E-state index contributed by atoms with van der Waals surface area (Å²) in [4.78, 5) is 0. The van der Waals surface area contributed by atoms with Crippen LogP contribution in [0.5, 0.6) is 0 Å². The molecule has 0 aromatic heterocycles. The Hall–Kier alpha value is 1.19.